The smallest absolute Gasteiger partial charge is 0.161 e. The van der Waals surface area contributed by atoms with Crippen molar-refractivity contribution in [1.82, 2.24) is 20.1 Å². The van der Waals surface area contributed by atoms with Crippen LogP contribution in [0.5, 0.6) is 5.75 Å². The van der Waals surface area contributed by atoms with Gasteiger partial charge in [0.15, 0.2) is 5.75 Å². The molecule has 2 rings (SSSR count). The van der Waals surface area contributed by atoms with Crippen molar-refractivity contribution in [2.24, 2.45) is 0 Å². The lowest BCUT2D eigenvalue weighted by Gasteiger charge is -2.21. The third kappa shape index (κ3) is 2.67. The minimum atomic E-state index is 0.00273. The summed E-state index contributed by atoms with van der Waals surface area (Å²) in [7, 11) is 3.60. The predicted molar refractivity (Wildman–Crippen MR) is 79.0 cm³/mol. The second-order valence-corrected chi connectivity index (χ2v) is 5.09. The maximum atomic E-state index is 5.46. The highest BCUT2D eigenvalue weighted by Crippen LogP contribution is 2.31. The average molecular weight is 274 g/mol. The van der Waals surface area contributed by atoms with Gasteiger partial charge in [-0.25, -0.2) is 0 Å². The summed E-state index contributed by atoms with van der Waals surface area (Å²) in [6, 6.07) is 4.37. The van der Waals surface area contributed by atoms with Crippen LogP contribution >= 0.6 is 0 Å². The first-order valence-corrected chi connectivity index (χ1v) is 6.79. The molecule has 0 aliphatic carbocycles. The molecule has 0 aromatic carbocycles. The van der Waals surface area contributed by atoms with Crippen molar-refractivity contribution in [2.45, 2.75) is 32.9 Å². The van der Waals surface area contributed by atoms with Gasteiger partial charge in [-0.1, -0.05) is 6.07 Å². The molecule has 0 amide bonds. The van der Waals surface area contributed by atoms with Gasteiger partial charge in [-0.2, -0.15) is 5.10 Å². The van der Waals surface area contributed by atoms with Crippen LogP contribution in [0.4, 0.5) is 0 Å². The molecule has 1 unspecified atom stereocenters. The van der Waals surface area contributed by atoms with Crippen molar-refractivity contribution >= 4 is 0 Å². The molecule has 0 saturated carbocycles. The van der Waals surface area contributed by atoms with Crippen LogP contribution < -0.4 is 10.1 Å². The quantitative estimate of drug-likeness (QED) is 0.910. The number of pyridine rings is 1. The number of aromatic nitrogens is 3. The van der Waals surface area contributed by atoms with Crippen molar-refractivity contribution in [1.29, 1.82) is 0 Å². The SMILES string of the molecule is CNC(c1ccc(C)nc1)c1c(OC)cnn1C(C)C. The highest BCUT2D eigenvalue weighted by atomic mass is 16.5. The van der Waals surface area contributed by atoms with Crippen LogP contribution in [0.2, 0.25) is 0 Å². The molecule has 108 valence electrons. The number of ether oxygens (including phenoxy) is 1. The van der Waals surface area contributed by atoms with Gasteiger partial charge in [-0.3, -0.25) is 9.67 Å². The topological polar surface area (TPSA) is 52.0 Å². The van der Waals surface area contributed by atoms with Crippen molar-refractivity contribution in [3.8, 4) is 5.75 Å². The molecule has 0 bridgehead atoms. The second kappa shape index (κ2) is 6.05. The number of hydrogen-bond donors (Lipinski definition) is 1. The zero-order chi connectivity index (χ0) is 14.7. The molecule has 0 aliphatic rings. The Morgan fingerprint density at radius 2 is 2.00 bits per heavy atom. The van der Waals surface area contributed by atoms with E-state index in [0.29, 0.717) is 0 Å². The fourth-order valence-corrected chi connectivity index (χ4v) is 2.31. The molecule has 2 heterocycles. The van der Waals surface area contributed by atoms with Crippen LogP contribution in [-0.2, 0) is 0 Å². The Morgan fingerprint density at radius 1 is 1.25 bits per heavy atom. The lowest BCUT2D eigenvalue weighted by atomic mass is 10.0. The monoisotopic (exact) mass is 274 g/mol. The maximum absolute atomic E-state index is 5.46. The van der Waals surface area contributed by atoms with Crippen LogP contribution in [0.25, 0.3) is 0 Å². The average Bonchev–Trinajstić information content (AvgIpc) is 2.86. The summed E-state index contributed by atoms with van der Waals surface area (Å²) in [5, 5.41) is 7.76. The fourth-order valence-electron chi connectivity index (χ4n) is 2.31. The summed E-state index contributed by atoms with van der Waals surface area (Å²) < 4.78 is 7.45. The number of hydrogen-bond acceptors (Lipinski definition) is 4. The first-order valence-electron chi connectivity index (χ1n) is 6.79. The third-order valence-electron chi connectivity index (χ3n) is 3.34. The Hall–Kier alpha value is -1.88. The molecule has 1 atom stereocenters. The minimum absolute atomic E-state index is 0.00273. The number of nitrogens with one attached hydrogen (secondary N) is 1. The lowest BCUT2D eigenvalue weighted by molar-refractivity contribution is 0.396. The number of rotatable bonds is 5. The van der Waals surface area contributed by atoms with Gasteiger partial charge in [0.25, 0.3) is 0 Å². The molecule has 5 heteroatoms. The van der Waals surface area contributed by atoms with Gasteiger partial charge >= 0.3 is 0 Å². The van der Waals surface area contributed by atoms with Crippen LogP contribution in [0.1, 0.15) is 42.9 Å². The van der Waals surface area contributed by atoms with Crippen molar-refractivity contribution in [2.75, 3.05) is 14.2 Å². The fraction of sp³-hybridized carbons (Fsp3) is 0.467. The molecular formula is C15H22N4O. The lowest BCUT2D eigenvalue weighted by Crippen LogP contribution is -2.23. The number of aryl methyl sites for hydroxylation is 1. The van der Waals surface area contributed by atoms with Crippen LogP contribution in [0.3, 0.4) is 0 Å². The minimum Gasteiger partial charge on any atom is -0.493 e. The molecule has 2 aromatic rings. The van der Waals surface area contributed by atoms with Gasteiger partial charge in [0.1, 0.15) is 5.69 Å². The Kier molecular flexibility index (Phi) is 4.39. The number of nitrogens with zero attached hydrogens (tertiary/aromatic N) is 3. The predicted octanol–water partition coefficient (Wildman–Crippen LogP) is 2.48. The molecule has 1 N–H and O–H groups in total. The van der Waals surface area contributed by atoms with Crippen LogP contribution in [0, 0.1) is 6.92 Å². The van der Waals surface area contributed by atoms with E-state index in [1.54, 1.807) is 13.3 Å². The Balaban J connectivity index is 2.50. The Labute approximate surface area is 120 Å². The van der Waals surface area contributed by atoms with Crippen molar-refractivity contribution in [3.05, 3.63) is 41.5 Å². The normalized spacial score (nSPS) is 12.7. The van der Waals surface area contributed by atoms with Crippen molar-refractivity contribution in [3.63, 3.8) is 0 Å². The van der Waals surface area contributed by atoms with E-state index in [1.165, 1.54) is 0 Å². The van der Waals surface area contributed by atoms with E-state index in [9.17, 15) is 0 Å². The molecule has 0 aliphatic heterocycles. The molecule has 20 heavy (non-hydrogen) atoms. The van der Waals surface area contributed by atoms with E-state index in [4.69, 9.17) is 4.74 Å². The highest BCUT2D eigenvalue weighted by molar-refractivity contribution is 5.36. The molecule has 0 radical (unpaired) electrons. The van der Waals surface area contributed by atoms with Gasteiger partial charge < -0.3 is 10.1 Å². The van der Waals surface area contributed by atoms with Gasteiger partial charge in [-0.15, -0.1) is 0 Å². The van der Waals surface area contributed by atoms with E-state index >= 15 is 0 Å². The molecule has 0 saturated heterocycles. The summed E-state index contributed by atoms with van der Waals surface area (Å²) in [6.45, 7) is 6.20. The van der Waals surface area contributed by atoms with Gasteiger partial charge in [0.2, 0.25) is 0 Å². The van der Waals surface area contributed by atoms with E-state index in [0.717, 1.165) is 22.7 Å². The van der Waals surface area contributed by atoms with Crippen LogP contribution in [-0.4, -0.2) is 28.9 Å². The summed E-state index contributed by atoms with van der Waals surface area (Å²) in [5.74, 6) is 0.790. The zero-order valence-electron chi connectivity index (χ0n) is 12.7. The zero-order valence-corrected chi connectivity index (χ0v) is 12.7. The molecular weight excluding hydrogens is 252 g/mol. The van der Waals surface area contributed by atoms with Gasteiger partial charge in [0.05, 0.1) is 19.3 Å². The van der Waals surface area contributed by atoms with Gasteiger partial charge in [-0.05, 0) is 39.4 Å². The second-order valence-electron chi connectivity index (χ2n) is 5.09. The molecule has 0 fully saturated rings. The summed E-state index contributed by atoms with van der Waals surface area (Å²) in [4.78, 5) is 4.38. The van der Waals surface area contributed by atoms with E-state index in [-0.39, 0.29) is 12.1 Å². The molecule has 2 aromatic heterocycles. The number of methoxy groups -OCH3 is 1. The summed E-state index contributed by atoms with van der Waals surface area (Å²) >= 11 is 0. The van der Waals surface area contributed by atoms with Crippen LogP contribution in [0.15, 0.2) is 24.5 Å². The standard InChI is InChI=1S/C15H22N4O/c1-10(2)19-15(13(20-5)9-18-19)14(16-4)12-7-6-11(3)17-8-12/h6-10,14,16H,1-5H3. The van der Waals surface area contributed by atoms with E-state index in [2.05, 4.69) is 35.3 Å². The Morgan fingerprint density at radius 3 is 2.50 bits per heavy atom. The first kappa shape index (κ1) is 14.5. The van der Waals surface area contributed by atoms with Crippen molar-refractivity contribution < 1.29 is 4.74 Å². The Bertz CT molecular complexity index is 560. The third-order valence-corrected chi connectivity index (χ3v) is 3.34. The van der Waals surface area contributed by atoms with E-state index < -0.39 is 0 Å². The summed E-state index contributed by atoms with van der Waals surface area (Å²) in [6.07, 6.45) is 3.66. The summed E-state index contributed by atoms with van der Waals surface area (Å²) in [5.41, 5.74) is 3.13. The highest BCUT2D eigenvalue weighted by Gasteiger charge is 2.23. The van der Waals surface area contributed by atoms with E-state index in [1.807, 2.05) is 30.9 Å². The first-order chi connectivity index (χ1) is 9.58. The van der Waals surface area contributed by atoms with Gasteiger partial charge in [0, 0.05) is 17.9 Å². The molecule has 0 spiro atoms. The maximum Gasteiger partial charge on any atom is 0.161 e. The molecule has 5 nitrogen and oxygen atoms in total. The largest absolute Gasteiger partial charge is 0.493 e.